The third kappa shape index (κ3) is 3.28. The smallest absolute Gasteiger partial charge is 0.124 e. The monoisotopic (exact) mass is 262 g/mol. The molecule has 0 aliphatic carbocycles. The maximum atomic E-state index is 5.77. The second-order valence-corrected chi connectivity index (χ2v) is 5.12. The first kappa shape index (κ1) is 14.4. The molecule has 19 heavy (non-hydrogen) atoms. The molecule has 106 valence electrons. The average Bonchev–Trinajstić information content (AvgIpc) is 2.94. The fourth-order valence-corrected chi connectivity index (χ4v) is 3.06. The van der Waals surface area contributed by atoms with E-state index < -0.39 is 0 Å². The zero-order valence-corrected chi connectivity index (χ0v) is 12.4. The van der Waals surface area contributed by atoms with Crippen LogP contribution in [-0.2, 0) is 0 Å². The number of nitrogens with one attached hydrogen (secondary N) is 1. The topological polar surface area (TPSA) is 24.5 Å². The highest BCUT2D eigenvalue weighted by Crippen LogP contribution is 2.31. The second kappa shape index (κ2) is 6.92. The van der Waals surface area contributed by atoms with Gasteiger partial charge in [0, 0.05) is 24.2 Å². The first-order valence-electron chi connectivity index (χ1n) is 7.46. The minimum atomic E-state index is 0.401. The predicted octanol–water partition coefficient (Wildman–Crippen LogP) is 2.83. The highest BCUT2D eigenvalue weighted by Gasteiger charge is 2.27. The van der Waals surface area contributed by atoms with Gasteiger partial charge in [0.15, 0.2) is 0 Å². The molecule has 0 amide bonds. The summed E-state index contributed by atoms with van der Waals surface area (Å²) >= 11 is 0. The summed E-state index contributed by atoms with van der Waals surface area (Å²) in [4.78, 5) is 2.58. The normalized spacial score (nSPS) is 20.7. The van der Waals surface area contributed by atoms with Crippen molar-refractivity contribution in [2.24, 2.45) is 0 Å². The lowest BCUT2D eigenvalue weighted by atomic mass is 10.0. The Balaban J connectivity index is 2.18. The van der Waals surface area contributed by atoms with Crippen molar-refractivity contribution in [1.82, 2.24) is 10.2 Å². The quantitative estimate of drug-likeness (QED) is 0.853. The third-order valence-corrected chi connectivity index (χ3v) is 4.03. The average molecular weight is 262 g/mol. The van der Waals surface area contributed by atoms with Crippen molar-refractivity contribution in [2.45, 2.75) is 39.3 Å². The minimum absolute atomic E-state index is 0.401. The van der Waals surface area contributed by atoms with Crippen LogP contribution in [0, 0.1) is 0 Å². The highest BCUT2D eigenvalue weighted by atomic mass is 16.5. The summed E-state index contributed by atoms with van der Waals surface area (Å²) < 4.78 is 5.77. The van der Waals surface area contributed by atoms with E-state index >= 15 is 0 Å². The van der Waals surface area contributed by atoms with Gasteiger partial charge in [-0.2, -0.15) is 0 Å². The number of nitrogens with zero attached hydrogens (tertiary/aromatic N) is 1. The van der Waals surface area contributed by atoms with Crippen LogP contribution >= 0.6 is 0 Å². The van der Waals surface area contributed by atoms with E-state index in [0.29, 0.717) is 12.1 Å². The molecule has 1 aliphatic rings. The van der Waals surface area contributed by atoms with Crippen molar-refractivity contribution in [3.8, 4) is 5.75 Å². The molecule has 2 unspecified atom stereocenters. The van der Waals surface area contributed by atoms with Crippen LogP contribution in [0.4, 0.5) is 0 Å². The summed E-state index contributed by atoms with van der Waals surface area (Å²) in [7, 11) is 0. The lowest BCUT2D eigenvalue weighted by molar-refractivity contribution is 0.159. The van der Waals surface area contributed by atoms with Gasteiger partial charge < -0.3 is 10.1 Å². The van der Waals surface area contributed by atoms with E-state index in [1.165, 1.54) is 12.0 Å². The molecule has 2 rings (SSSR count). The van der Waals surface area contributed by atoms with Crippen LogP contribution in [0.5, 0.6) is 5.75 Å². The van der Waals surface area contributed by atoms with Crippen LogP contribution in [0.1, 0.15) is 38.8 Å². The Morgan fingerprint density at radius 2 is 2.16 bits per heavy atom. The SMILES string of the molecule is CCOc1ccccc1C(C)N(CC)C1CCNC1. The van der Waals surface area contributed by atoms with Crippen molar-refractivity contribution in [2.75, 3.05) is 26.2 Å². The Morgan fingerprint density at radius 3 is 2.79 bits per heavy atom. The van der Waals surface area contributed by atoms with Gasteiger partial charge in [-0.1, -0.05) is 25.1 Å². The van der Waals surface area contributed by atoms with Gasteiger partial charge in [-0.3, -0.25) is 4.90 Å². The van der Waals surface area contributed by atoms with E-state index in [-0.39, 0.29) is 0 Å². The fourth-order valence-electron chi connectivity index (χ4n) is 3.06. The molecule has 1 aromatic rings. The Morgan fingerprint density at radius 1 is 1.37 bits per heavy atom. The molecule has 1 aliphatic heterocycles. The first-order chi connectivity index (χ1) is 9.27. The van der Waals surface area contributed by atoms with Crippen LogP contribution in [0.2, 0.25) is 0 Å². The molecule has 1 heterocycles. The largest absolute Gasteiger partial charge is 0.494 e. The lowest BCUT2D eigenvalue weighted by Gasteiger charge is -2.34. The molecular weight excluding hydrogens is 236 g/mol. The van der Waals surface area contributed by atoms with Crippen LogP contribution in [-0.4, -0.2) is 37.2 Å². The van der Waals surface area contributed by atoms with E-state index in [2.05, 4.69) is 48.3 Å². The number of likely N-dealkylation sites (N-methyl/N-ethyl adjacent to an activating group) is 1. The summed E-state index contributed by atoms with van der Waals surface area (Å²) in [6, 6.07) is 9.48. The van der Waals surface area contributed by atoms with E-state index in [0.717, 1.165) is 32.0 Å². The zero-order chi connectivity index (χ0) is 13.7. The molecule has 2 atom stereocenters. The van der Waals surface area contributed by atoms with Gasteiger partial charge >= 0.3 is 0 Å². The van der Waals surface area contributed by atoms with E-state index in [4.69, 9.17) is 4.74 Å². The molecule has 0 saturated carbocycles. The van der Waals surface area contributed by atoms with Gasteiger partial charge in [0.2, 0.25) is 0 Å². The number of ether oxygens (including phenoxy) is 1. The Labute approximate surface area is 116 Å². The second-order valence-electron chi connectivity index (χ2n) is 5.12. The molecule has 1 saturated heterocycles. The van der Waals surface area contributed by atoms with Gasteiger partial charge in [-0.15, -0.1) is 0 Å². The predicted molar refractivity (Wildman–Crippen MR) is 79.7 cm³/mol. The van der Waals surface area contributed by atoms with E-state index in [1.807, 2.05) is 6.92 Å². The molecule has 0 bridgehead atoms. The van der Waals surface area contributed by atoms with E-state index in [1.54, 1.807) is 0 Å². The number of benzene rings is 1. The fraction of sp³-hybridized carbons (Fsp3) is 0.625. The van der Waals surface area contributed by atoms with Crippen LogP contribution in [0.15, 0.2) is 24.3 Å². The summed E-state index contributed by atoms with van der Waals surface area (Å²) in [5.41, 5.74) is 1.30. The van der Waals surface area contributed by atoms with Gasteiger partial charge in [-0.05, 0) is 39.4 Å². The molecule has 3 nitrogen and oxygen atoms in total. The highest BCUT2D eigenvalue weighted by molar-refractivity contribution is 5.35. The number of hydrogen-bond donors (Lipinski definition) is 1. The maximum Gasteiger partial charge on any atom is 0.124 e. The van der Waals surface area contributed by atoms with Gasteiger partial charge in [-0.25, -0.2) is 0 Å². The van der Waals surface area contributed by atoms with Crippen molar-refractivity contribution in [1.29, 1.82) is 0 Å². The van der Waals surface area contributed by atoms with Crippen molar-refractivity contribution in [3.05, 3.63) is 29.8 Å². The molecular formula is C16H26N2O. The molecule has 0 spiro atoms. The van der Waals surface area contributed by atoms with Gasteiger partial charge in [0.1, 0.15) is 5.75 Å². The maximum absolute atomic E-state index is 5.77. The minimum Gasteiger partial charge on any atom is -0.494 e. The summed E-state index contributed by atoms with van der Waals surface area (Å²) in [5.74, 6) is 1.03. The van der Waals surface area contributed by atoms with Crippen LogP contribution in [0.3, 0.4) is 0 Å². The Bertz CT molecular complexity index is 388. The summed E-state index contributed by atoms with van der Waals surface area (Å²) in [6.07, 6.45) is 1.25. The molecule has 3 heteroatoms. The number of rotatable bonds is 6. The third-order valence-electron chi connectivity index (χ3n) is 4.03. The molecule has 1 aromatic carbocycles. The molecule has 0 aromatic heterocycles. The van der Waals surface area contributed by atoms with Crippen molar-refractivity contribution in [3.63, 3.8) is 0 Å². The Hall–Kier alpha value is -1.06. The molecule has 1 fully saturated rings. The van der Waals surface area contributed by atoms with Gasteiger partial charge in [0.25, 0.3) is 0 Å². The van der Waals surface area contributed by atoms with Crippen LogP contribution in [0.25, 0.3) is 0 Å². The molecule has 0 radical (unpaired) electrons. The molecule has 1 N–H and O–H groups in total. The zero-order valence-electron chi connectivity index (χ0n) is 12.4. The lowest BCUT2D eigenvalue weighted by Crippen LogP contribution is -2.38. The van der Waals surface area contributed by atoms with Crippen LogP contribution < -0.4 is 10.1 Å². The van der Waals surface area contributed by atoms with Crippen molar-refractivity contribution < 1.29 is 4.74 Å². The number of para-hydroxylation sites is 1. The standard InChI is InChI=1S/C16H26N2O/c1-4-18(14-10-11-17-12-14)13(3)15-8-6-7-9-16(15)19-5-2/h6-9,13-14,17H,4-5,10-12H2,1-3H3. The first-order valence-corrected chi connectivity index (χ1v) is 7.46. The Kier molecular flexibility index (Phi) is 5.23. The summed E-state index contributed by atoms with van der Waals surface area (Å²) in [5, 5.41) is 3.46. The van der Waals surface area contributed by atoms with Gasteiger partial charge in [0.05, 0.1) is 6.61 Å². The number of hydrogen-bond acceptors (Lipinski definition) is 3. The summed E-state index contributed by atoms with van der Waals surface area (Å²) in [6.45, 7) is 10.6. The van der Waals surface area contributed by atoms with Crippen molar-refractivity contribution >= 4 is 0 Å². The van der Waals surface area contributed by atoms with E-state index in [9.17, 15) is 0 Å².